The Hall–Kier alpha value is -2.96. The number of carbonyl (C=O) groups excluding carboxylic acids is 2. The number of carbonyl (C=O) groups is 2. The van der Waals surface area contributed by atoms with Crippen molar-refractivity contribution in [1.82, 2.24) is 5.32 Å². The molecule has 2 aromatic rings. The number of dihydropyridines is 1. The largest absolute Gasteiger partial charge is 0.459 e. The number of allylic oxidation sites excluding steroid dienone is 3. The van der Waals surface area contributed by atoms with Crippen molar-refractivity contribution in [2.75, 3.05) is 13.2 Å². The minimum atomic E-state index is -0.626. The van der Waals surface area contributed by atoms with E-state index in [0.717, 1.165) is 24.1 Å². The molecule has 0 spiro atoms. The van der Waals surface area contributed by atoms with Gasteiger partial charge in [-0.1, -0.05) is 41.9 Å². The first-order chi connectivity index (χ1) is 16.9. The Kier molecular flexibility index (Phi) is 6.76. The lowest BCUT2D eigenvalue weighted by Gasteiger charge is -2.37. The fourth-order valence-corrected chi connectivity index (χ4v) is 5.57. The summed E-state index contributed by atoms with van der Waals surface area (Å²) < 4.78 is 24.7. The number of hydrogen-bond donors (Lipinski definition) is 1. The maximum Gasteiger partial charge on any atom is 0.336 e. The molecule has 3 aliphatic rings. The van der Waals surface area contributed by atoms with Crippen LogP contribution >= 0.6 is 11.6 Å². The summed E-state index contributed by atoms with van der Waals surface area (Å²) in [6, 6.07) is 13.6. The summed E-state index contributed by atoms with van der Waals surface area (Å²) in [6.45, 7) is 2.67. The van der Waals surface area contributed by atoms with E-state index < -0.39 is 11.9 Å². The molecule has 0 amide bonds. The molecule has 2 heterocycles. The molecule has 1 fully saturated rings. The van der Waals surface area contributed by atoms with Gasteiger partial charge < -0.3 is 14.8 Å². The summed E-state index contributed by atoms with van der Waals surface area (Å²) in [5, 5.41) is 3.81. The van der Waals surface area contributed by atoms with Crippen LogP contribution in [0.3, 0.4) is 0 Å². The highest BCUT2D eigenvalue weighted by Crippen LogP contribution is 2.47. The Morgan fingerprint density at radius 2 is 1.94 bits per heavy atom. The van der Waals surface area contributed by atoms with E-state index in [1.165, 1.54) is 12.1 Å². The van der Waals surface area contributed by atoms with E-state index in [2.05, 4.69) is 5.32 Å². The first-order valence-electron chi connectivity index (χ1n) is 11.9. The molecule has 182 valence electrons. The normalized spacial score (nSPS) is 24.3. The molecule has 0 unspecified atom stereocenters. The lowest BCUT2D eigenvalue weighted by molar-refractivity contribution is -0.142. The van der Waals surface area contributed by atoms with Gasteiger partial charge in [-0.05, 0) is 61.4 Å². The third-order valence-corrected chi connectivity index (χ3v) is 7.37. The predicted molar refractivity (Wildman–Crippen MR) is 130 cm³/mol. The quantitative estimate of drug-likeness (QED) is 0.550. The zero-order valence-electron chi connectivity index (χ0n) is 19.5. The number of esters is 1. The molecule has 2 aromatic carbocycles. The summed E-state index contributed by atoms with van der Waals surface area (Å²) in [5.41, 5.74) is 3.95. The second-order valence-corrected chi connectivity index (χ2v) is 9.73. The zero-order valence-corrected chi connectivity index (χ0v) is 20.2. The second kappa shape index (κ2) is 9.96. The van der Waals surface area contributed by atoms with Gasteiger partial charge in [0.2, 0.25) is 0 Å². The zero-order chi connectivity index (χ0) is 24.5. The van der Waals surface area contributed by atoms with Crippen LogP contribution in [0.25, 0.3) is 0 Å². The Labute approximate surface area is 208 Å². The third kappa shape index (κ3) is 4.78. The van der Waals surface area contributed by atoms with E-state index in [4.69, 9.17) is 21.1 Å². The molecule has 1 N–H and O–H groups in total. The molecule has 0 aromatic heterocycles. The fourth-order valence-electron chi connectivity index (χ4n) is 5.32. The van der Waals surface area contributed by atoms with Crippen LogP contribution in [-0.2, 0) is 19.1 Å². The van der Waals surface area contributed by atoms with Crippen LogP contribution in [0.2, 0.25) is 5.02 Å². The van der Waals surface area contributed by atoms with Gasteiger partial charge in [-0.2, -0.15) is 0 Å². The van der Waals surface area contributed by atoms with Gasteiger partial charge in [-0.25, -0.2) is 9.18 Å². The molecule has 0 saturated carbocycles. The number of benzene rings is 2. The SMILES string of the molecule is CC1=C(C(=O)OC[C@@H]2CCCO2)[C@@H](c2ccccc2Cl)C2=C(C[C@H](c3ccc(F)cc3)CC2=O)N1. The number of nitrogens with one attached hydrogen (secondary N) is 1. The van der Waals surface area contributed by atoms with Crippen LogP contribution in [0, 0.1) is 5.82 Å². The number of Topliss-reactive ketones (excluding diaryl/α,β-unsaturated/α-hetero) is 1. The van der Waals surface area contributed by atoms with Crippen molar-refractivity contribution in [3.63, 3.8) is 0 Å². The van der Waals surface area contributed by atoms with Gasteiger partial charge in [0.25, 0.3) is 0 Å². The average molecular weight is 496 g/mol. The summed E-state index contributed by atoms with van der Waals surface area (Å²) in [4.78, 5) is 27.0. The third-order valence-electron chi connectivity index (χ3n) is 7.03. The number of hydrogen-bond acceptors (Lipinski definition) is 5. The Morgan fingerprint density at radius 1 is 1.17 bits per heavy atom. The Balaban J connectivity index is 1.51. The molecule has 1 aliphatic carbocycles. The molecule has 5 rings (SSSR count). The monoisotopic (exact) mass is 495 g/mol. The molecule has 35 heavy (non-hydrogen) atoms. The van der Waals surface area contributed by atoms with Crippen molar-refractivity contribution < 1.29 is 23.5 Å². The van der Waals surface area contributed by atoms with Gasteiger partial charge in [0, 0.05) is 40.9 Å². The average Bonchev–Trinajstić information content (AvgIpc) is 3.36. The minimum Gasteiger partial charge on any atom is -0.459 e. The van der Waals surface area contributed by atoms with E-state index in [1.54, 1.807) is 18.2 Å². The smallest absolute Gasteiger partial charge is 0.336 e. The first-order valence-corrected chi connectivity index (χ1v) is 12.3. The minimum absolute atomic E-state index is 0.0603. The fraction of sp³-hybridized carbons (Fsp3) is 0.357. The topological polar surface area (TPSA) is 64.6 Å². The number of halogens is 2. The van der Waals surface area contributed by atoms with E-state index in [-0.39, 0.29) is 36.7 Å². The van der Waals surface area contributed by atoms with Crippen molar-refractivity contribution in [3.05, 3.63) is 93.0 Å². The van der Waals surface area contributed by atoms with Crippen molar-refractivity contribution in [1.29, 1.82) is 0 Å². The standard InChI is InChI=1S/C28H27ClFNO4/c1-16-25(28(33)35-15-20-5-4-12-34-20)26(21-6-2-3-7-22(21)29)27-23(31-16)13-18(14-24(27)32)17-8-10-19(30)11-9-17/h2-3,6-11,18,20,26,31H,4-5,12-15H2,1H3/t18-,20-,26+/m0/s1. The molecule has 5 nitrogen and oxygen atoms in total. The molecular weight excluding hydrogens is 469 g/mol. The molecule has 7 heteroatoms. The molecule has 2 aliphatic heterocycles. The summed E-state index contributed by atoms with van der Waals surface area (Å²) >= 11 is 6.59. The van der Waals surface area contributed by atoms with Crippen molar-refractivity contribution >= 4 is 23.4 Å². The highest BCUT2D eigenvalue weighted by atomic mass is 35.5. The second-order valence-electron chi connectivity index (χ2n) is 9.32. The van der Waals surface area contributed by atoms with E-state index in [9.17, 15) is 14.0 Å². The molecule has 3 atom stereocenters. The van der Waals surface area contributed by atoms with Crippen LogP contribution in [0.15, 0.2) is 71.1 Å². The maximum atomic E-state index is 13.6. The molecule has 0 bridgehead atoms. The predicted octanol–water partition coefficient (Wildman–Crippen LogP) is 5.56. The summed E-state index contributed by atoms with van der Waals surface area (Å²) in [5.74, 6) is -1.55. The van der Waals surface area contributed by atoms with Crippen LogP contribution in [0.4, 0.5) is 4.39 Å². The van der Waals surface area contributed by atoms with Gasteiger partial charge in [-0.15, -0.1) is 0 Å². The van der Waals surface area contributed by atoms with Gasteiger partial charge in [0.1, 0.15) is 12.4 Å². The van der Waals surface area contributed by atoms with Crippen LogP contribution in [0.5, 0.6) is 0 Å². The number of rotatable bonds is 5. The van der Waals surface area contributed by atoms with Crippen molar-refractivity contribution in [2.45, 2.75) is 50.5 Å². The highest BCUT2D eigenvalue weighted by molar-refractivity contribution is 6.31. The summed E-state index contributed by atoms with van der Waals surface area (Å²) in [6.07, 6.45) is 2.55. The van der Waals surface area contributed by atoms with Gasteiger partial charge in [0.15, 0.2) is 5.78 Å². The van der Waals surface area contributed by atoms with E-state index in [1.807, 2.05) is 25.1 Å². The summed E-state index contributed by atoms with van der Waals surface area (Å²) in [7, 11) is 0. The van der Waals surface area contributed by atoms with Crippen LogP contribution < -0.4 is 5.32 Å². The molecular formula is C28H27ClFNO4. The number of ether oxygens (including phenoxy) is 2. The Bertz CT molecular complexity index is 1210. The van der Waals surface area contributed by atoms with Crippen LogP contribution in [0.1, 0.15) is 55.6 Å². The lowest BCUT2D eigenvalue weighted by Crippen LogP contribution is -2.36. The van der Waals surface area contributed by atoms with Gasteiger partial charge >= 0.3 is 5.97 Å². The lowest BCUT2D eigenvalue weighted by atomic mass is 9.71. The van der Waals surface area contributed by atoms with Crippen molar-refractivity contribution in [2.24, 2.45) is 0 Å². The first kappa shape index (κ1) is 23.8. The van der Waals surface area contributed by atoms with Crippen LogP contribution in [-0.4, -0.2) is 31.1 Å². The Morgan fingerprint density at radius 3 is 2.66 bits per heavy atom. The van der Waals surface area contributed by atoms with Gasteiger partial charge in [0.05, 0.1) is 11.7 Å². The molecule has 0 radical (unpaired) electrons. The highest BCUT2D eigenvalue weighted by Gasteiger charge is 2.42. The molecule has 1 saturated heterocycles. The maximum absolute atomic E-state index is 13.6. The number of ketones is 1. The van der Waals surface area contributed by atoms with E-state index in [0.29, 0.717) is 40.5 Å². The van der Waals surface area contributed by atoms with Gasteiger partial charge in [-0.3, -0.25) is 4.79 Å². The van der Waals surface area contributed by atoms with E-state index >= 15 is 0 Å². The van der Waals surface area contributed by atoms with Crippen molar-refractivity contribution in [3.8, 4) is 0 Å².